The number of nitrogens with zero attached hydrogens (tertiary/aromatic N) is 3. The number of fused-ring (bicyclic) bond motifs is 5. The number of carbonyl (C=O) groups excluding carboxylic acids is 1. The van der Waals surface area contributed by atoms with Crippen LogP contribution < -0.4 is 10.5 Å². The maximum Gasteiger partial charge on any atom is 0.343 e. The van der Waals surface area contributed by atoms with Crippen LogP contribution in [0.1, 0.15) is 30.0 Å². The van der Waals surface area contributed by atoms with E-state index in [4.69, 9.17) is 9.72 Å². The van der Waals surface area contributed by atoms with Crippen LogP contribution in [0.5, 0.6) is 5.75 Å². The van der Waals surface area contributed by atoms with E-state index < -0.39 is 11.6 Å². The maximum atomic E-state index is 13.2. The number of aromatic hydroxyl groups is 1. The second-order valence-electron chi connectivity index (χ2n) is 7.99. The number of ether oxygens (including phenoxy) is 1. The molecule has 2 N–H and O–H groups in total. The van der Waals surface area contributed by atoms with Gasteiger partial charge in [0.2, 0.25) is 0 Å². The molecule has 8 nitrogen and oxygen atoms in total. The summed E-state index contributed by atoms with van der Waals surface area (Å²) in [6, 6.07) is 7.14. The predicted octanol–water partition coefficient (Wildman–Crippen LogP) is 1.85. The number of pyridine rings is 2. The van der Waals surface area contributed by atoms with Gasteiger partial charge in [-0.2, -0.15) is 0 Å². The minimum atomic E-state index is -1.85. The molecule has 0 saturated heterocycles. The summed E-state index contributed by atoms with van der Waals surface area (Å²) >= 11 is 0. The topological polar surface area (TPSA) is 105 Å². The second kappa shape index (κ2) is 6.06. The normalized spacial score (nSPS) is 19.3. The number of aromatic nitrogens is 2. The van der Waals surface area contributed by atoms with Crippen LogP contribution >= 0.6 is 0 Å². The van der Waals surface area contributed by atoms with E-state index in [0.717, 1.165) is 5.56 Å². The number of hydrogen-bond donors (Lipinski definition) is 2. The van der Waals surface area contributed by atoms with Gasteiger partial charge in [0.05, 0.1) is 34.7 Å². The molecule has 5 rings (SSSR count). The molecule has 0 bridgehead atoms. The molecule has 8 heteroatoms. The number of aliphatic hydroxyl groups is 1. The van der Waals surface area contributed by atoms with Crippen LogP contribution in [0, 0.1) is 0 Å². The van der Waals surface area contributed by atoms with Crippen molar-refractivity contribution < 1.29 is 19.7 Å². The first-order chi connectivity index (χ1) is 14.3. The van der Waals surface area contributed by atoms with Crippen molar-refractivity contribution >= 4 is 22.6 Å². The molecule has 0 saturated carbocycles. The number of benzene rings is 1. The van der Waals surface area contributed by atoms with Crippen LogP contribution in [0.3, 0.4) is 0 Å². The lowest BCUT2D eigenvalue weighted by Crippen LogP contribution is -2.44. The zero-order valence-electron chi connectivity index (χ0n) is 16.9. The van der Waals surface area contributed by atoms with Gasteiger partial charge in [0.25, 0.3) is 5.56 Å². The van der Waals surface area contributed by atoms with Crippen molar-refractivity contribution in [2.24, 2.45) is 0 Å². The second-order valence-corrected chi connectivity index (χ2v) is 7.99. The average molecular weight is 407 g/mol. The van der Waals surface area contributed by atoms with Gasteiger partial charge in [-0.15, -0.1) is 0 Å². The highest BCUT2D eigenvalue weighted by Crippen LogP contribution is 2.41. The Kier molecular flexibility index (Phi) is 3.76. The number of esters is 1. The van der Waals surface area contributed by atoms with Crippen LogP contribution in [0.15, 0.2) is 29.1 Å². The van der Waals surface area contributed by atoms with Crippen LogP contribution in [0.4, 0.5) is 5.69 Å². The first-order valence-corrected chi connectivity index (χ1v) is 9.76. The molecule has 3 aromatic rings. The SMILES string of the molecule is CC[C@@]1(O)C(=O)OCc2c1cc1n(c2=O)Cc2cc3c(O)c(N(C)C)ccc3nc2-1. The number of cyclic esters (lactones) is 1. The highest BCUT2D eigenvalue weighted by atomic mass is 16.6. The van der Waals surface area contributed by atoms with Gasteiger partial charge in [-0.25, -0.2) is 9.78 Å². The van der Waals surface area contributed by atoms with E-state index in [0.29, 0.717) is 34.5 Å². The van der Waals surface area contributed by atoms with E-state index in [1.54, 1.807) is 23.6 Å². The molecular weight excluding hydrogens is 386 g/mol. The quantitative estimate of drug-likeness (QED) is 0.489. The molecule has 0 amide bonds. The minimum Gasteiger partial charge on any atom is -0.505 e. The van der Waals surface area contributed by atoms with Crippen LogP contribution in [0.25, 0.3) is 22.3 Å². The van der Waals surface area contributed by atoms with Crippen molar-refractivity contribution in [2.45, 2.75) is 32.1 Å². The van der Waals surface area contributed by atoms with Gasteiger partial charge < -0.3 is 24.4 Å². The summed E-state index contributed by atoms with van der Waals surface area (Å²) in [5, 5.41) is 22.2. The van der Waals surface area contributed by atoms with E-state index >= 15 is 0 Å². The molecule has 2 aromatic heterocycles. The fourth-order valence-corrected chi connectivity index (χ4v) is 4.39. The largest absolute Gasteiger partial charge is 0.505 e. The summed E-state index contributed by atoms with van der Waals surface area (Å²) in [7, 11) is 3.69. The summed E-state index contributed by atoms with van der Waals surface area (Å²) in [5.74, 6) is -0.609. The van der Waals surface area contributed by atoms with Crippen LogP contribution in [-0.2, 0) is 28.3 Å². The van der Waals surface area contributed by atoms with Crippen molar-refractivity contribution in [3.63, 3.8) is 0 Å². The van der Waals surface area contributed by atoms with Crippen LogP contribution in [0.2, 0.25) is 0 Å². The average Bonchev–Trinajstić information content (AvgIpc) is 3.08. The van der Waals surface area contributed by atoms with Crippen molar-refractivity contribution in [1.82, 2.24) is 9.55 Å². The Labute approximate surface area is 172 Å². The molecular formula is C22H21N3O5. The molecule has 1 atom stereocenters. The van der Waals surface area contributed by atoms with Crippen molar-refractivity contribution in [3.8, 4) is 17.1 Å². The van der Waals surface area contributed by atoms with Gasteiger partial charge in [-0.3, -0.25) is 4.79 Å². The molecule has 0 fully saturated rings. The Balaban J connectivity index is 1.76. The molecule has 0 aliphatic carbocycles. The highest BCUT2D eigenvalue weighted by molar-refractivity contribution is 5.93. The van der Waals surface area contributed by atoms with Crippen molar-refractivity contribution in [1.29, 1.82) is 0 Å². The molecule has 0 radical (unpaired) electrons. The monoisotopic (exact) mass is 407 g/mol. The van der Waals surface area contributed by atoms with Crippen molar-refractivity contribution in [3.05, 3.63) is 51.3 Å². The number of phenols is 1. The van der Waals surface area contributed by atoms with Gasteiger partial charge in [-0.05, 0) is 30.7 Å². The van der Waals surface area contributed by atoms with E-state index in [9.17, 15) is 19.8 Å². The molecule has 0 unspecified atom stereocenters. The number of phenolic OH excluding ortho intramolecular Hbond substituents is 1. The first-order valence-electron chi connectivity index (χ1n) is 9.76. The summed E-state index contributed by atoms with van der Waals surface area (Å²) in [5.41, 5.74) is 1.65. The lowest BCUT2D eigenvalue weighted by atomic mass is 9.86. The van der Waals surface area contributed by atoms with E-state index in [2.05, 4.69) is 0 Å². The Morgan fingerprint density at radius 3 is 2.73 bits per heavy atom. The van der Waals surface area contributed by atoms with Gasteiger partial charge in [0, 0.05) is 30.6 Å². The van der Waals surface area contributed by atoms with Gasteiger partial charge in [0.1, 0.15) is 12.4 Å². The number of anilines is 1. The van der Waals surface area contributed by atoms with Gasteiger partial charge >= 0.3 is 5.97 Å². The summed E-state index contributed by atoms with van der Waals surface area (Å²) in [4.78, 5) is 31.9. The molecule has 4 heterocycles. The standard InChI is InChI=1S/C22H21N3O5/c1-4-22(29)14-8-17-18-11(9-25(17)20(27)13(14)10-30-21(22)28)7-12-15(23-18)5-6-16(19(12)26)24(2)3/h5-8,26,29H,4,9-10H2,1-3H3/t22-/m0/s1. The zero-order chi connectivity index (χ0) is 21.4. The minimum absolute atomic E-state index is 0.0981. The Morgan fingerprint density at radius 1 is 1.27 bits per heavy atom. The van der Waals surface area contributed by atoms with Gasteiger partial charge in [-0.1, -0.05) is 6.92 Å². The highest BCUT2D eigenvalue weighted by Gasteiger charge is 2.45. The molecule has 30 heavy (non-hydrogen) atoms. The Bertz CT molecular complexity index is 1310. The predicted molar refractivity (Wildman–Crippen MR) is 111 cm³/mol. The Hall–Kier alpha value is -3.39. The lowest BCUT2D eigenvalue weighted by molar-refractivity contribution is -0.172. The third-order valence-electron chi connectivity index (χ3n) is 6.12. The fourth-order valence-electron chi connectivity index (χ4n) is 4.39. The maximum absolute atomic E-state index is 13.2. The number of carbonyl (C=O) groups is 1. The smallest absolute Gasteiger partial charge is 0.343 e. The van der Waals surface area contributed by atoms with Crippen molar-refractivity contribution in [2.75, 3.05) is 19.0 Å². The Morgan fingerprint density at radius 2 is 2.03 bits per heavy atom. The third kappa shape index (κ3) is 2.28. The van der Waals surface area contributed by atoms with E-state index in [1.807, 2.05) is 31.1 Å². The van der Waals surface area contributed by atoms with E-state index in [1.165, 1.54) is 0 Å². The third-order valence-corrected chi connectivity index (χ3v) is 6.12. The first kappa shape index (κ1) is 18.6. The summed E-state index contributed by atoms with van der Waals surface area (Å²) in [6.45, 7) is 1.81. The van der Waals surface area contributed by atoms with Gasteiger partial charge in [0.15, 0.2) is 5.60 Å². The molecule has 154 valence electrons. The zero-order valence-corrected chi connectivity index (χ0v) is 16.9. The van der Waals surface area contributed by atoms with Crippen LogP contribution in [-0.4, -0.2) is 39.8 Å². The number of rotatable bonds is 2. The molecule has 0 spiro atoms. The summed E-state index contributed by atoms with van der Waals surface area (Å²) in [6.07, 6.45) is 0.0981. The number of hydrogen-bond acceptors (Lipinski definition) is 7. The fraction of sp³-hybridized carbons (Fsp3) is 0.318. The van der Waals surface area contributed by atoms with E-state index in [-0.39, 0.29) is 35.5 Å². The molecule has 1 aromatic carbocycles. The lowest BCUT2D eigenvalue weighted by Gasteiger charge is -2.31. The molecule has 2 aliphatic heterocycles. The molecule has 2 aliphatic rings. The summed E-state index contributed by atoms with van der Waals surface area (Å²) < 4.78 is 6.67.